The van der Waals surface area contributed by atoms with Crippen molar-refractivity contribution in [3.05, 3.63) is 0 Å². The predicted octanol–water partition coefficient (Wildman–Crippen LogP) is 3.22. The van der Waals surface area contributed by atoms with Crippen LogP contribution in [0.4, 0.5) is 0 Å². The Kier molecular flexibility index (Phi) is 11.1. The van der Waals surface area contributed by atoms with Gasteiger partial charge in [0.25, 0.3) is 0 Å². The van der Waals surface area contributed by atoms with Crippen molar-refractivity contribution in [1.82, 2.24) is 0 Å². The predicted molar refractivity (Wildman–Crippen MR) is 73.7 cm³/mol. The first-order valence-corrected chi connectivity index (χ1v) is 7.49. The lowest BCUT2D eigenvalue weighted by Gasteiger charge is -2.09. The maximum absolute atomic E-state index is 11.5. The molecule has 0 amide bonds. The van der Waals surface area contributed by atoms with Gasteiger partial charge in [0.1, 0.15) is 4.83 Å². The summed E-state index contributed by atoms with van der Waals surface area (Å²) in [6.45, 7) is 4.97. The summed E-state index contributed by atoms with van der Waals surface area (Å²) in [5.74, 6) is -0.556. The normalized spacial score (nSPS) is 11.9. The number of esters is 2. The molecule has 0 bridgehead atoms. The van der Waals surface area contributed by atoms with Crippen molar-refractivity contribution in [1.29, 1.82) is 0 Å². The van der Waals surface area contributed by atoms with E-state index < -0.39 is 4.83 Å². The first-order chi connectivity index (χ1) is 8.61. The summed E-state index contributed by atoms with van der Waals surface area (Å²) in [5, 5.41) is 0. The molecule has 0 aromatic rings. The van der Waals surface area contributed by atoms with E-state index in [0.717, 1.165) is 25.7 Å². The zero-order valence-electron chi connectivity index (χ0n) is 11.2. The van der Waals surface area contributed by atoms with Gasteiger partial charge in [-0.25, -0.2) is 0 Å². The van der Waals surface area contributed by atoms with E-state index in [2.05, 4.69) is 15.9 Å². The van der Waals surface area contributed by atoms with Crippen LogP contribution in [0.5, 0.6) is 0 Å². The number of ether oxygens (including phenoxy) is 2. The first kappa shape index (κ1) is 17.4. The van der Waals surface area contributed by atoms with E-state index in [-0.39, 0.29) is 18.4 Å². The van der Waals surface area contributed by atoms with Gasteiger partial charge in [-0.05, 0) is 19.3 Å². The van der Waals surface area contributed by atoms with Crippen LogP contribution in [0.3, 0.4) is 0 Å². The van der Waals surface area contributed by atoms with Crippen LogP contribution in [0.2, 0.25) is 0 Å². The Labute approximate surface area is 118 Å². The third kappa shape index (κ3) is 9.45. The lowest BCUT2D eigenvalue weighted by molar-refractivity contribution is -0.145. The maximum Gasteiger partial charge on any atom is 0.319 e. The molecule has 5 heteroatoms. The van der Waals surface area contributed by atoms with Crippen LogP contribution in [0.25, 0.3) is 0 Å². The molecule has 0 aromatic heterocycles. The van der Waals surface area contributed by atoms with Gasteiger partial charge in [-0.15, -0.1) is 0 Å². The first-order valence-electron chi connectivity index (χ1n) is 6.58. The Hall–Kier alpha value is -0.580. The molecule has 0 rings (SSSR count). The zero-order chi connectivity index (χ0) is 13.8. The van der Waals surface area contributed by atoms with Crippen LogP contribution in [-0.4, -0.2) is 30.0 Å². The zero-order valence-corrected chi connectivity index (χ0v) is 12.8. The molecule has 18 heavy (non-hydrogen) atoms. The summed E-state index contributed by atoms with van der Waals surface area (Å²) < 4.78 is 10.0. The molecule has 0 unspecified atom stereocenters. The number of hydrogen-bond acceptors (Lipinski definition) is 4. The van der Waals surface area contributed by atoms with Crippen molar-refractivity contribution in [2.45, 2.75) is 57.2 Å². The number of hydrogen-bond donors (Lipinski definition) is 0. The number of carbonyl (C=O) groups excluding carboxylic acids is 2. The van der Waals surface area contributed by atoms with Crippen LogP contribution < -0.4 is 0 Å². The largest absolute Gasteiger partial charge is 0.466 e. The summed E-state index contributed by atoms with van der Waals surface area (Å²) >= 11 is 3.22. The van der Waals surface area contributed by atoms with E-state index in [9.17, 15) is 9.59 Å². The lowest BCUT2D eigenvalue weighted by Crippen LogP contribution is -2.19. The molecule has 0 saturated carbocycles. The van der Waals surface area contributed by atoms with Crippen LogP contribution in [0.15, 0.2) is 0 Å². The molecule has 0 aliphatic rings. The second-order valence-electron chi connectivity index (χ2n) is 4.10. The number of carbonyl (C=O) groups is 2. The highest BCUT2D eigenvalue weighted by Gasteiger charge is 2.18. The minimum absolute atomic E-state index is 0.239. The van der Waals surface area contributed by atoms with E-state index in [4.69, 9.17) is 9.47 Å². The van der Waals surface area contributed by atoms with Gasteiger partial charge in [-0.3, -0.25) is 9.59 Å². The second kappa shape index (κ2) is 11.5. The van der Waals surface area contributed by atoms with Crippen LogP contribution in [-0.2, 0) is 19.1 Å². The van der Waals surface area contributed by atoms with Gasteiger partial charge < -0.3 is 9.47 Å². The summed E-state index contributed by atoms with van der Waals surface area (Å²) in [4.78, 5) is 22.4. The molecule has 0 saturated heterocycles. The summed E-state index contributed by atoms with van der Waals surface area (Å²) in [7, 11) is 0. The fourth-order valence-corrected chi connectivity index (χ4v) is 1.53. The van der Waals surface area contributed by atoms with Gasteiger partial charge in [0.05, 0.1) is 13.2 Å². The highest BCUT2D eigenvalue weighted by Crippen LogP contribution is 2.11. The number of rotatable bonds is 10. The highest BCUT2D eigenvalue weighted by molar-refractivity contribution is 9.10. The van der Waals surface area contributed by atoms with Crippen molar-refractivity contribution < 1.29 is 19.1 Å². The van der Waals surface area contributed by atoms with E-state index in [1.165, 1.54) is 0 Å². The smallest absolute Gasteiger partial charge is 0.319 e. The summed E-state index contributed by atoms with van der Waals surface area (Å²) in [6, 6.07) is 0. The Balaban J connectivity index is 3.64. The molecule has 0 radical (unpaired) electrons. The summed E-state index contributed by atoms with van der Waals surface area (Å²) in [6.07, 6.45) is 4.38. The van der Waals surface area contributed by atoms with E-state index in [0.29, 0.717) is 19.6 Å². The van der Waals surface area contributed by atoms with Gasteiger partial charge in [0.2, 0.25) is 0 Å². The van der Waals surface area contributed by atoms with Gasteiger partial charge in [0, 0.05) is 6.42 Å². The average Bonchev–Trinajstić information content (AvgIpc) is 2.36. The Morgan fingerprint density at radius 1 is 1.06 bits per heavy atom. The second-order valence-corrected chi connectivity index (χ2v) is 5.21. The molecule has 4 nitrogen and oxygen atoms in total. The van der Waals surface area contributed by atoms with Crippen molar-refractivity contribution in [3.8, 4) is 0 Å². The number of halogens is 1. The van der Waals surface area contributed by atoms with Crippen LogP contribution in [0, 0.1) is 0 Å². The standard InChI is InChI=1S/C13H23BrO4/c1-3-5-9-17-12(15)8-7-11(14)13(16)18-10-6-4-2/h11H,3-10H2,1-2H3/t11-/m1/s1. The third-order valence-corrected chi connectivity index (χ3v) is 3.19. The molecule has 0 aromatic carbocycles. The molecule has 0 aliphatic carbocycles. The average molecular weight is 323 g/mol. The molecule has 0 heterocycles. The topological polar surface area (TPSA) is 52.6 Å². The van der Waals surface area contributed by atoms with Gasteiger partial charge in [-0.2, -0.15) is 0 Å². The van der Waals surface area contributed by atoms with E-state index in [1.807, 2.05) is 13.8 Å². The fraction of sp³-hybridized carbons (Fsp3) is 0.846. The molecule has 0 N–H and O–H groups in total. The SMILES string of the molecule is CCCCOC(=O)CC[C@@H](Br)C(=O)OCCCC. The Bertz CT molecular complexity index is 243. The lowest BCUT2D eigenvalue weighted by atomic mass is 10.2. The third-order valence-electron chi connectivity index (χ3n) is 2.36. The molecular weight excluding hydrogens is 300 g/mol. The minimum atomic E-state index is -0.423. The molecule has 0 spiro atoms. The quantitative estimate of drug-likeness (QED) is 0.352. The number of unbranched alkanes of at least 4 members (excludes halogenated alkanes) is 2. The van der Waals surface area contributed by atoms with Crippen LogP contribution in [0.1, 0.15) is 52.4 Å². The van der Waals surface area contributed by atoms with Crippen molar-refractivity contribution in [2.24, 2.45) is 0 Å². The minimum Gasteiger partial charge on any atom is -0.466 e. The van der Waals surface area contributed by atoms with Crippen LogP contribution >= 0.6 is 15.9 Å². The maximum atomic E-state index is 11.5. The monoisotopic (exact) mass is 322 g/mol. The van der Waals surface area contributed by atoms with Gasteiger partial charge in [0.15, 0.2) is 0 Å². The number of alkyl halides is 1. The molecule has 0 fully saturated rings. The van der Waals surface area contributed by atoms with Crippen molar-refractivity contribution in [3.63, 3.8) is 0 Å². The molecule has 106 valence electrons. The Morgan fingerprint density at radius 2 is 1.61 bits per heavy atom. The molecule has 1 atom stereocenters. The Morgan fingerprint density at radius 3 is 2.17 bits per heavy atom. The van der Waals surface area contributed by atoms with E-state index >= 15 is 0 Å². The van der Waals surface area contributed by atoms with Gasteiger partial charge >= 0.3 is 11.9 Å². The fourth-order valence-electron chi connectivity index (χ4n) is 1.17. The molecule has 0 aliphatic heterocycles. The summed E-state index contributed by atoms with van der Waals surface area (Å²) in [5.41, 5.74) is 0. The van der Waals surface area contributed by atoms with Crippen molar-refractivity contribution >= 4 is 27.9 Å². The highest BCUT2D eigenvalue weighted by atomic mass is 79.9. The van der Waals surface area contributed by atoms with E-state index in [1.54, 1.807) is 0 Å². The molecular formula is C13H23BrO4. The van der Waals surface area contributed by atoms with Gasteiger partial charge in [-0.1, -0.05) is 42.6 Å². The van der Waals surface area contributed by atoms with Crippen molar-refractivity contribution in [2.75, 3.05) is 13.2 Å².